The second-order valence-corrected chi connectivity index (χ2v) is 6.90. The minimum atomic E-state index is -1.72. The van der Waals surface area contributed by atoms with Crippen molar-refractivity contribution >= 4 is 0 Å². The maximum absolute atomic E-state index is 13.4. The summed E-state index contributed by atoms with van der Waals surface area (Å²) in [5.41, 5.74) is -1.24. The Morgan fingerprint density at radius 3 is 1.39 bits per heavy atom. The van der Waals surface area contributed by atoms with E-state index in [-0.39, 0.29) is 0 Å². The van der Waals surface area contributed by atoms with E-state index in [0.717, 1.165) is 11.8 Å². The summed E-state index contributed by atoms with van der Waals surface area (Å²) in [4.78, 5) is 0. The first kappa shape index (κ1) is 23.9. The third-order valence-electron chi connectivity index (χ3n) is 4.60. The molecule has 3 rings (SSSR count). The van der Waals surface area contributed by atoms with E-state index in [9.17, 15) is 22.0 Å². The molecule has 28 heavy (non-hydrogen) atoms. The van der Waals surface area contributed by atoms with Gasteiger partial charge in [-0.3, -0.25) is 0 Å². The zero-order valence-corrected chi connectivity index (χ0v) is 16.6. The Morgan fingerprint density at radius 1 is 0.679 bits per heavy atom. The fourth-order valence-corrected chi connectivity index (χ4v) is 2.96. The van der Waals surface area contributed by atoms with Crippen LogP contribution < -0.4 is 0 Å². The monoisotopic (exact) mass is 402 g/mol. The van der Waals surface area contributed by atoms with E-state index < -0.39 is 46.0 Å². The second-order valence-electron chi connectivity index (χ2n) is 6.90. The topological polar surface area (TPSA) is 20.2 Å². The van der Waals surface area contributed by atoms with Gasteiger partial charge in [-0.2, -0.15) is 0 Å². The molecule has 1 aliphatic carbocycles. The number of aromatic hydroxyl groups is 1. The molecular weight excluding hydrogens is 375 g/mol. The highest BCUT2D eigenvalue weighted by molar-refractivity contribution is 5.66. The largest absolute Gasteiger partial charge is 0.508 e. The van der Waals surface area contributed by atoms with Gasteiger partial charge < -0.3 is 5.11 Å². The molecular formula is C22H27F5O. The Hall–Kier alpha value is -2.11. The number of hydrogen-bond acceptors (Lipinski definition) is 1. The number of hydrogen-bond donors (Lipinski definition) is 1. The zero-order chi connectivity index (χ0) is 21.4. The second kappa shape index (κ2) is 11.0. The van der Waals surface area contributed by atoms with Crippen molar-refractivity contribution in [3.8, 4) is 16.9 Å². The summed E-state index contributed by atoms with van der Waals surface area (Å²) in [5, 5.41) is 8.93. The summed E-state index contributed by atoms with van der Waals surface area (Å²) >= 11 is 0. The van der Waals surface area contributed by atoms with Crippen LogP contribution in [0.5, 0.6) is 5.75 Å². The lowest BCUT2D eigenvalue weighted by Crippen LogP contribution is -2.08. The van der Waals surface area contributed by atoms with Crippen molar-refractivity contribution in [2.45, 2.75) is 53.4 Å². The molecule has 0 radical (unpaired) electrons. The third-order valence-corrected chi connectivity index (χ3v) is 4.60. The molecule has 6 heteroatoms. The zero-order valence-electron chi connectivity index (χ0n) is 16.6. The lowest BCUT2D eigenvalue weighted by Gasteiger charge is -2.22. The lowest BCUT2D eigenvalue weighted by atomic mass is 9.84. The van der Waals surface area contributed by atoms with Gasteiger partial charge in [0.15, 0.2) is 17.5 Å². The fraction of sp³-hybridized carbons (Fsp3) is 0.455. The normalized spacial score (nSPS) is 18.5. The summed E-state index contributed by atoms with van der Waals surface area (Å²) in [6.45, 7) is 8.73. The molecule has 0 unspecified atom stereocenters. The van der Waals surface area contributed by atoms with E-state index >= 15 is 0 Å². The van der Waals surface area contributed by atoms with Crippen LogP contribution in [0.2, 0.25) is 0 Å². The minimum Gasteiger partial charge on any atom is -0.508 e. The Morgan fingerprint density at radius 2 is 1.04 bits per heavy atom. The van der Waals surface area contributed by atoms with Crippen LogP contribution in [0.15, 0.2) is 24.3 Å². The SMILES string of the molecule is CC.CC1CCC(C)CC1.Oc1cc(F)c(-c2cc(F)c(F)c(F)c2)c(F)c1. The van der Waals surface area contributed by atoms with Gasteiger partial charge >= 0.3 is 0 Å². The first-order valence-corrected chi connectivity index (χ1v) is 9.52. The quantitative estimate of drug-likeness (QED) is 0.384. The minimum absolute atomic E-state index is 0.469. The average Bonchev–Trinajstić information content (AvgIpc) is 2.63. The highest BCUT2D eigenvalue weighted by Gasteiger charge is 2.18. The van der Waals surface area contributed by atoms with Crippen molar-refractivity contribution in [2.75, 3.05) is 0 Å². The molecule has 0 atom stereocenters. The molecule has 2 aromatic rings. The van der Waals surface area contributed by atoms with E-state index in [4.69, 9.17) is 5.11 Å². The van der Waals surface area contributed by atoms with E-state index in [1.807, 2.05) is 13.8 Å². The molecule has 1 aliphatic rings. The average molecular weight is 402 g/mol. The maximum atomic E-state index is 13.4. The van der Waals surface area contributed by atoms with Gasteiger partial charge in [0.25, 0.3) is 0 Å². The smallest absolute Gasteiger partial charge is 0.194 e. The van der Waals surface area contributed by atoms with Gasteiger partial charge in [0.2, 0.25) is 0 Å². The van der Waals surface area contributed by atoms with Crippen molar-refractivity contribution in [2.24, 2.45) is 11.8 Å². The van der Waals surface area contributed by atoms with Gasteiger partial charge in [-0.1, -0.05) is 53.4 Å². The van der Waals surface area contributed by atoms with Gasteiger partial charge in [0, 0.05) is 12.1 Å². The Labute approximate surface area is 163 Å². The fourth-order valence-electron chi connectivity index (χ4n) is 2.96. The van der Waals surface area contributed by atoms with Crippen LogP contribution in [0.1, 0.15) is 53.4 Å². The molecule has 1 fully saturated rings. The van der Waals surface area contributed by atoms with E-state index in [2.05, 4.69) is 13.8 Å². The van der Waals surface area contributed by atoms with Crippen LogP contribution in [-0.2, 0) is 0 Å². The van der Waals surface area contributed by atoms with Crippen molar-refractivity contribution in [1.82, 2.24) is 0 Å². The Bertz CT molecular complexity index is 712. The Balaban J connectivity index is 0.000000327. The van der Waals surface area contributed by atoms with Crippen LogP contribution in [-0.4, -0.2) is 5.11 Å². The molecule has 0 saturated heterocycles. The molecule has 0 heterocycles. The number of benzene rings is 2. The van der Waals surface area contributed by atoms with Gasteiger partial charge in [-0.05, 0) is 29.5 Å². The van der Waals surface area contributed by atoms with Crippen molar-refractivity contribution in [3.05, 3.63) is 53.4 Å². The third kappa shape index (κ3) is 6.50. The molecule has 0 amide bonds. The number of phenols is 1. The molecule has 0 bridgehead atoms. The highest BCUT2D eigenvalue weighted by Crippen LogP contribution is 2.31. The molecule has 156 valence electrons. The van der Waals surface area contributed by atoms with Gasteiger partial charge in [-0.25, -0.2) is 22.0 Å². The van der Waals surface area contributed by atoms with Crippen molar-refractivity contribution < 1.29 is 27.1 Å². The molecule has 1 N–H and O–H groups in total. The van der Waals surface area contributed by atoms with Crippen molar-refractivity contribution in [3.63, 3.8) is 0 Å². The summed E-state index contributed by atoms with van der Waals surface area (Å²) in [5.74, 6) is -5.89. The van der Waals surface area contributed by atoms with E-state index in [1.165, 1.54) is 25.7 Å². The predicted octanol–water partition coefficient (Wildman–Crippen LogP) is 7.61. The maximum Gasteiger partial charge on any atom is 0.194 e. The first-order valence-electron chi connectivity index (χ1n) is 9.52. The van der Waals surface area contributed by atoms with E-state index in [0.29, 0.717) is 24.3 Å². The van der Waals surface area contributed by atoms with Crippen LogP contribution in [0.4, 0.5) is 22.0 Å². The van der Waals surface area contributed by atoms with E-state index in [1.54, 1.807) is 0 Å². The first-order chi connectivity index (χ1) is 13.2. The van der Waals surface area contributed by atoms with Gasteiger partial charge in [-0.15, -0.1) is 0 Å². The summed E-state index contributed by atoms with van der Waals surface area (Å²) in [6, 6.07) is 2.10. The number of halogens is 5. The number of phenolic OH excluding ortho intramolecular Hbond substituents is 1. The molecule has 0 aromatic heterocycles. The summed E-state index contributed by atoms with van der Waals surface area (Å²) in [7, 11) is 0. The lowest BCUT2D eigenvalue weighted by molar-refractivity contribution is 0.308. The van der Waals surface area contributed by atoms with Crippen LogP contribution in [0.25, 0.3) is 11.1 Å². The standard InChI is InChI=1S/C12H5F5O.C8H16.C2H6/c13-7-3-6(18)4-8(14)11(7)5-1-9(15)12(17)10(16)2-5;1-7-3-5-8(2)6-4-7;1-2/h1-4,18H;7-8H,3-6H2,1-2H3;1-2H3. The van der Waals surface area contributed by atoms with Crippen molar-refractivity contribution in [1.29, 1.82) is 0 Å². The van der Waals surface area contributed by atoms with Crippen LogP contribution in [0.3, 0.4) is 0 Å². The molecule has 0 aliphatic heterocycles. The molecule has 0 spiro atoms. The summed E-state index contributed by atoms with van der Waals surface area (Å²) < 4.78 is 65.5. The highest BCUT2D eigenvalue weighted by atomic mass is 19.2. The van der Waals surface area contributed by atoms with Crippen LogP contribution >= 0.6 is 0 Å². The van der Waals surface area contributed by atoms with Crippen LogP contribution in [0, 0.1) is 40.9 Å². The number of rotatable bonds is 1. The predicted molar refractivity (Wildman–Crippen MR) is 101 cm³/mol. The Kier molecular flexibility index (Phi) is 9.42. The van der Waals surface area contributed by atoms with Gasteiger partial charge in [0.1, 0.15) is 17.4 Å². The molecule has 1 nitrogen and oxygen atoms in total. The molecule has 2 aromatic carbocycles. The summed E-state index contributed by atoms with van der Waals surface area (Å²) in [6.07, 6.45) is 5.89. The molecule has 1 saturated carbocycles. The van der Waals surface area contributed by atoms with Gasteiger partial charge in [0.05, 0.1) is 5.56 Å².